The predicted molar refractivity (Wildman–Crippen MR) is 78.9 cm³/mol. The van der Waals surface area contributed by atoms with Gasteiger partial charge in [-0.1, -0.05) is 17.7 Å². The van der Waals surface area contributed by atoms with E-state index in [9.17, 15) is 4.79 Å². The summed E-state index contributed by atoms with van der Waals surface area (Å²) in [5.74, 6) is 2.99. The van der Waals surface area contributed by atoms with Crippen LogP contribution in [0.5, 0.6) is 5.75 Å². The largest absolute Gasteiger partial charge is 0.492 e. The molecule has 1 aromatic rings. The maximum absolute atomic E-state index is 12.3. The Kier molecular flexibility index (Phi) is 3.88. The second-order valence-corrected chi connectivity index (χ2v) is 6.43. The van der Waals surface area contributed by atoms with Gasteiger partial charge in [-0.15, -0.1) is 0 Å². The first kappa shape index (κ1) is 13.7. The van der Waals surface area contributed by atoms with Gasteiger partial charge in [0.15, 0.2) is 0 Å². The van der Waals surface area contributed by atoms with Crippen molar-refractivity contribution >= 4 is 17.5 Å². The average Bonchev–Trinajstić information content (AvgIpc) is 3.04. The fourth-order valence-corrected chi connectivity index (χ4v) is 3.38. The van der Waals surface area contributed by atoms with Crippen LogP contribution in [0.25, 0.3) is 0 Å². The first-order valence-electron chi connectivity index (χ1n) is 7.27. The molecule has 0 aromatic heterocycles. The molecule has 0 N–H and O–H groups in total. The van der Waals surface area contributed by atoms with Gasteiger partial charge >= 0.3 is 0 Å². The first-order valence-corrected chi connectivity index (χ1v) is 7.64. The van der Waals surface area contributed by atoms with Crippen molar-refractivity contribution in [3.63, 3.8) is 0 Å². The van der Waals surface area contributed by atoms with Gasteiger partial charge in [0.2, 0.25) is 5.91 Å². The lowest BCUT2D eigenvalue weighted by molar-refractivity contribution is -0.134. The van der Waals surface area contributed by atoms with Crippen molar-refractivity contribution in [2.75, 3.05) is 20.2 Å². The van der Waals surface area contributed by atoms with Crippen LogP contribution in [0.2, 0.25) is 5.02 Å². The van der Waals surface area contributed by atoms with Crippen LogP contribution in [0.15, 0.2) is 24.3 Å². The molecule has 4 heteroatoms. The fraction of sp³-hybridized carbons (Fsp3) is 0.562. The fourth-order valence-electron chi connectivity index (χ4n) is 3.20. The topological polar surface area (TPSA) is 29.5 Å². The molecule has 0 aliphatic heterocycles. The molecule has 3 rings (SSSR count). The molecular weight excluding hydrogens is 274 g/mol. The minimum Gasteiger partial charge on any atom is -0.492 e. The molecule has 2 aliphatic carbocycles. The van der Waals surface area contributed by atoms with Crippen LogP contribution < -0.4 is 4.74 Å². The van der Waals surface area contributed by atoms with Gasteiger partial charge in [0, 0.05) is 18.0 Å². The minimum atomic E-state index is 0.259. The third-order valence-electron chi connectivity index (χ3n) is 4.46. The van der Waals surface area contributed by atoms with Crippen LogP contribution >= 0.6 is 11.6 Å². The van der Waals surface area contributed by atoms with Crippen molar-refractivity contribution in [3.8, 4) is 5.75 Å². The Hall–Kier alpha value is -1.22. The number of nitrogens with zero attached hydrogens (tertiary/aromatic N) is 1. The Bertz CT molecular complexity index is 495. The van der Waals surface area contributed by atoms with E-state index in [2.05, 4.69) is 0 Å². The number of halogens is 1. The van der Waals surface area contributed by atoms with Crippen molar-refractivity contribution in [2.45, 2.75) is 19.3 Å². The van der Waals surface area contributed by atoms with Gasteiger partial charge < -0.3 is 9.64 Å². The molecule has 0 bridgehead atoms. The molecule has 0 heterocycles. The highest BCUT2D eigenvalue weighted by Crippen LogP contribution is 2.54. The highest BCUT2D eigenvalue weighted by Gasteiger charge is 2.48. The van der Waals surface area contributed by atoms with E-state index < -0.39 is 0 Å². The number of benzene rings is 1. The summed E-state index contributed by atoms with van der Waals surface area (Å²) in [5, 5.41) is 0.664. The Morgan fingerprint density at radius 3 is 2.80 bits per heavy atom. The second-order valence-electron chi connectivity index (χ2n) is 5.99. The van der Waals surface area contributed by atoms with Crippen LogP contribution in [-0.2, 0) is 4.79 Å². The standard InChI is InChI=1S/C16H20ClNO2/c1-18(16(19)13-8-11-7-12(11)9-13)5-6-20-15-4-2-3-14(17)10-15/h2-4,10-13H,5-9H2,1H3. The lowest BCUT2D eigenvalue weighted by atomic mass is 10.0. The van der Waals surface area contributed by atoms with Crippen molar-refractivity contribution in [3.05, 3.63) is 29.3 Å². The monoisotopic (exact) mass is 293 g/mol. The second kappa shape index (κ2) is 5.65. The number of carbonyl (C=O) groups is 1. The first-order chi connectivity index (χ1) is 9.63. The van der Waals surface area contributed by atoms with Crippen molar-refractivity contribution in [1.82, 2.24) is 4.90 Å². The smallest absolute Gasteiger partial charge is 0.225 e. The van der Waals surface area contributed by atoms with Gasteiger partial charge in [-0.25, -0.2) is 0 Å². The van der Waals surface area contributed by atoms with E-state index in [0.29, 0.717) is 18.2 Å². The molecule has 108 valence electrons. The van der Waals surface area contributed by atoms with Crippen LogP contribution in [0.3, 0.4) is 0 Å². The predicted octanol–water partition coefficient (Wildman–Crippen LogP) is 3.22. The van der Waals surface area contributed by atoms with E-state index in [-0.39, 0.29) is 11.8 Å². The quantitative estimate of drug-likeness (QED) is 0.834. The summed E-state index contributed by atoms with van der Waals surface area (Å²) in [6, 6.07) is 7.33. The van der Waals surface area contributed by atoms with Crippen LogP contribution in [0.1, 0.15) is 19.3 Å². The zero-order valence-electron chi connectivity index (χ0n) is 11.7. The number of likely N-dealkylation sites (N-methyl/N-ethyl adjacent to an activating group) is 1. The number of amides is 1. The molecular formula is C16H20ClNO2. The highest BCUT2D eigenvalue weighted by molar-refractivity contribution is 6.30. The van der Waals surface area contributed by atoms with Gasteiger partial charge in [0.25, 0.3) is 0 Å². The number of ether oxygens (including phenoxy) is 1. The minimum absolute atomic E-state index is 0.259. The lowest BCUT2D eigenvalue weighted by Crippen LogP contribution is -2.35. The summed E-state index contributed by atoms with van der Waals surface area (Å²) >= 11 is 5.90. The maximum atomic E-state index is 12.3. The van der Waals surface area contributed by atoms with E-state index in [0.717, 1.165) is 30.4 Å². The SMILES string of the molecule is CN(CCOc1cccc(Cl)c1)C(=O)C1CC2CC2C1. The third kappa shape index (κ3) is 3.09. The summed E-state index contributed by atoms with van der Waals surface area (Å²) in [4.78, 5) is 14.1. The molecule has 20 heavy (non-hydrogen) atoms. The molecule has 0 spiro atoms. The van der Waals surface area contributed by atoms with E-state index in [1.807, 2.05) is 25.2 Å². The van der Waals surface area contributed by atoms with Gasteiger partial charge in [-0.3, -0.25) is 4.79 Å². The van der Waals surface area contributed by atoms with Crippen molar-refractivity contribution in [2.24, 2.45) is 17.8 Å². The van der Waals surface area contributed by atoms with Gasteiger partial charge in [0.1, 0.15) is 12.4 Å². The van der Waals surface area contributed by atoms with Crippen LogP contribution in [0.4, 0.5) is 0 Å². The van der Waals surface area contributed by atoms with Gasteiger partial charge in [-0.05, 0) is 49.3 Å². The number of hydrogen-bond donors (Lipinski definition) is 0. The van der Waals surface area contributed by atoms with E-state index in [1.165, 1.54) is 6.42 Å². The van der Waals surface area contributed by atoms with Gasteiger partial charge in [-0.2, -0.15) is 0 Å². The van der Waals surface area contributed by atoms with E-state index >= 15 is 0 Å². The van der Waals surface area contributed by atoms with E-state index in [4.69, 9.17) is 16.3 Å². The van der Waals surface area contributed by atoms with Gasteiger partial charge in [0.05, 0.1) is 6.54 Å². The normalized spacial score (nSPS) is 27.0. The Morgan fingerprint density at radius 1 is 1.35 bits per heavy atom. The molecule has 2 atom stereocenters. The summed E-state index contributed by atoms with van der Waals surface area (Å²) in [6.45, 7) is 1.12. The average molecular weight is 294 g/mol. The number of hydrogen-bond acceptors (Lipinski definition) is 2. The maximum Gasteiger partial charge on any atom is 0.225 e. The molecule has 3 nitrogen and oxygen atoms in total. The summed E-state index contributed by atoms with van der Waals surface area (Å²) < 4.78 is 5.62. The molecule has 2 unspecified atom stereocenters. The number of fused-ring (bicyclic) bond motifs is 1. The van der Waals surface area contributed by atoms with Crippen molar-refractivity contribution < 1.29 is 9.53 Å². The number of rotatable bonds is 5. The summed E-state index contributed by atoms with van der Waals surface area (Å²) in [6.07, 6.45) is 3.55. The van der Waals surface area contributed by atoms with Crippen molar-refractivity contribution in [1.29, 1.82) is 0 Å². The summed E-state index contributed by atoms with van der Waals surface area (Å²) in [5.41, 5.74) is 0. The Balaban J connectivity index is 1.42. The molecule has 2 aliphatic rings. The number of carbonyl (C=O) groups excluding carboxylic acids is 1. The lowest BCUT2D eigenvalue weighted by Gasteiger charge is -2.22. The molecule has 0 saturated heterocycles. The molecule has 2 saturated carbocycles. The van der Waals surface area contributed by atoms with Crippen LogP contribution in [0, 0.1) is 17.8 Å². The molecule has 1 amide bonds. The summed E-state index contributed by atoms with van der Waals surface area (Å²) in [7, 11) is 1.87. The zero-order chi connectivity index (χ0) is 14.1. The Labute approximate surface area is 124 Å². The third-order valence-corrected chi connectivity index (χ3v) is 4.70. The highest BCUT2D eigenvalue weighted by atomic mass is 35.5. The molecule has 0 radical (unpaired) electrons. The van der Waals surface area contributed by atoms with E-state index in [1.54, 1.807) is 11.0 Å². The molecule has 2 fully saturated rings. The Morgan fingerprint density at radius 2 is 2.10 bits per heavy atom. The zero-order valence-corrected chi connectivity index (χ0v) is 12.5. The molecule has 1 aromatic carbocycles. The van der Waals surface area contributed by atoms with Crippen LogP contribution in [-0.4, -0.2) is 31.0 Å².